The number of hydrogen-bond acceptors (Lipinski definition) is 5. The minimum absolute atomic E-state index is 0.330. The molecule has 0 aliphatic heterocycles. The summed E-state index contributed by atoms with van der Waals surface area (Å²) in [6.07, 6.45) is 1.72. The smallest absolute Gasteiger partial charge is 0.293 e. The van der Waals surface area contributed by atoms with E-state index in [1.807, 2.05) is 12.1 Å². The number of carbonyl (C=O) groups excluding carboxylic acids is 1. The number of halogens is 1. The zero-order valence-corrected chi connectivity index (χ0v) is 17.8. The van der Waals surface area contributed by atoms with Gasteiger partial charge in [-0.1, -0.05) is 54.6 Å². The lowest BCUT2D eigenvalue weighted by atomic mass is 10.0. The Morgan fingerprint density at radius 1 is 1.00 bits per heavy atom. The van der Waals surface area contributed by atoms with Crippen molar-refractivity contribution >= 4 is 17.8 Å². The number of carbonyl (C=O) groups is 1. The van der Waals surface area contributed by atoms with Crippen LogP contribution in [0.4, 0.5) is 0 Å². The van der Waals surface area contributed by atoms with Gasteiger partial charge in [0.25, 0.3) is 5.91 Å². The summed E-state index contributed by atoms with van der Waals surface area (Å²) in [5, 5.41) is 0. The average Bonchev–Trinajstić information content (AvgIpc) is 2.79. The summed E-state index contributed by atoms with van der Waals surface area (Å²) >= 11 is 3.64. The van der Waals surface area contributed by atoms with E-state index in [0.717, 1.165) is 24.2 Å². The Morgan fingerprint density at radius 2 is 1.70 bits per heavy atom. The van der Waals surface area contributed by atoms with E-state index >= 15 is 0 Å². The standard InChI is InChI=1S/C23H25N3O2.ClHO/c1-3-28-25-23(27)22-13-12-21(15-24-22)20-11-7-10-19(14-20)17-26(2)16-18-8-5-4-6-9-18;1-2/h4-15H,3,16-17H2,1-2H3,(H,25,27);2H. The van der Waals surface area contributed by atoms with Crippen LogP contribution in [0.5, 0.6) is 0 Å². The summed E-state index contributed by atoms with van der Waals surface area (Å²) in [7, 11) is 2.12. The molecule has 0 unspecified atom stereocenters. The highest BCUT2D eigenvalue weighted by Gasteiger charge is 2.08. The van der Waals surface area contributed by atoms with Gasteiger partial charge in [-0.2, -0.15) is 0 Å². The quantitative estimate of drug-likeness (QED) is 0.527. The lowest BCUT2D eigenvalue weighted by Gasteiger charge is -2.17. The van der Waals surface area contributed by atoms with Crippen molar-refractivity contribution in [3.8, 4) is 11.1 Å². The molecule has 1 amide bonds. The second kappa shape index (κ2) is 12.7. The number of hydroxylamine groups is 1. The number of hydrogen-bond donors (Lipinski definition) is 2. The molecule has 2 aromatic carbocycles. The van der Waals surface area contributed by atoms with E-state index in [-0.39, 0.29) is 5.91 Å². The van der Waals surface area contributed by atoms with Crippen LogP contribution in [-0.2, 0) is 17.9 Å². The number of nitrogens with one attached hydrogen (secondary N) is 1. The van der Waals surface area contributed by atoms with Crippen LogP contribution in [0.3, 0.4) is 0 Å². The summed E-state index contributed by atoms with van der Waals surface area (Å²) in [6.45, 7) is 3.97. The Bertz CT molecular complexity index is 905. The van der Waals surface area contributed by atoms with Crippen molar-refractivity contribution in [3.05, 3.63) is 89.7 Å². The van der Waals surface area contributed by atoms with Crippen LogP contribution in [0.15, 0.2) is 72.9 Å². The molecule has 3 rings (SSSR count). The molecule has 0 aliphatic carbocycles. The third-order valence-electron chi connectivity index (χ3n) is 4.31. The van der Waals surface area contributed by atoms with Crippen molar-refractivity contribution in [3.63, 3.8) is 0 Å². The highest BCUT2D eigenvalue weighted by molar-refractivity contribution is 6.04. The van der Waals surface area contributed by atoms with E-state index in [4.69, 9.17) is 9.50 Å². The minimum Gasteiger partial charge on any atom is -0.298 e. The number of aromatic nitrogens is 1. The molecule has 0 aliphatic rings. The largest absolute Gasteiger partial charge is 0.298 e. The molecule has 0 radical (unpaired) electrons. The lowest BCUT2D eigenvalue weighted by Crippen LogP contribution is -2.24. The van der Waals surface area contributed by atoms with Gasteiger partial charge in [0.1, 0.15) is 5.69 Å². The van der Waals surface area contributed by atoms with Gasteiger partial charge in [-0.25, -0.2) is 5.48 Å². The van der Waals surface area contributed by atoms with E-state index in [1.165, 1.54) is 11.1 Å². The maximum atomic E-state index is 11.9. The molecule has 0 bridgehead atoms. The van der Waals surface area contributed by atoms with Gasteiger partial charge in [-0.3, -0.25) is 24.2 Å². The predicted molar refractivity (Wildman–Crippen MR) is 118 cm³/mol. The van der Waals surface area contributed by atoms with E-state index in [0.29, 0.717) is 12.3 Å². The van der Waals surface area contributed by atoms with Crippen LogP contribution >= 0.6 is 11.9 Å². The van der Waals surface area contributed by atoms with Crippen molar-refractivity contribution in [1.82, 2.24) is 15.4 Å². The normalized spacial score (nSPS) is 10.3. The Morgan fingerprint density at radius 3 is 2.37 bits per heavy atom. The molecule has 0 fully saturated rings. The van der Waals surface area contributed by atoms with Crippen molar-refractivity contribution in [2.75, 3.05) is 13.7 Å². The van der Waals surface area contributed by atoms with Crippen LogP contribution in [-0.4, -0.2) is 34.1 Å². The number of benzene rings is 2. The first-order chi connectivity index (χ1) is 14.7. The van der Waals surface area contributed by atoms with Gasteiger partial charge in [0.2, 0.25) is 0 Å². The molecule has 0 atom stereocenters. The predicted octanol–water partition coefficient (Wildman–Crippen LogP) is 4.19. The van der Waals surface area contributed by atoms with E-state index in [2.05, 4.69) is 82.8 Å². The molecule has 0 saturated heterocycles. The van der Waals surface area contributed by atoms with Crippen LogP contribution in [0.2, 0.25) is 0 Å². The zero-order valence-electron chi connectivity index (χ0n) is 17.1. The van der Waals surface area contributed by atoms with E-state index < -0.39 is 0 Å². The molecule has 0 spiro atoms. The summed E-state index contributed by atoms with van der Waals surface area (Å²) in [5.74, 6) is -0.343. The average molecular weight is 428 g/mol. The lowest BCUT2D eigenvalue weighted by molar-refractivity contribution is 0.0360. The zero-order chi connectivity index (χ0) is 21.8. The fraction of sp³-hybridized carbons (Fsp3) is 0.217. The second-order valence-corrected chi connectivity index (χ2v) is 6.65. The Hall–Kier alpha value is -2.77. The van der Waals surface area contributed by atoms with Crippen molar-refractivity contribution in [2.45, 2.75) is 20.0 Å². The van der Waals surface area contributed by atoms with Gasteiger partial charge in [-0.05, 0) is 42.8 Å². The first kappa shape index (κ1) is 23.5. The highest BCUT2D eigenvalue weighted by atomic mass is 35.5. The summed E-state index contributed by atoms with van der Waals surface area (Å²) in [5.41, 5.74) is 7.26. The molecule has 6 nitrogen and oxygen atoms in total. The third-order valence-corrected chi connectivity index (χ3v) is 4.31. The fourth-order valence-electron chi connectivity index (χ4n) is 3.00. The minimum atomic E-state index is -0.343. The van der Waals surface area contributed by atoms with Gasteiger partial charge in [0.05, 0.1) is 18.5 Å². The number of pyridine rings is 1. The second-order valence-electron chi connectivity index (χ2n) is 6.65. The molecule has 7 heteroatoms. The maximum Gasteiger partial charge on any atom is 0.293 e. The van der Waals surface area contributed by atoms with Gasteiger partial charge in [-0.15, -0.1) is 0 Å². The van der Waals surface area contributed by atoms with Crippen molar-refractivity contribution in [1.29, 1.82) is 0 Å². The molecular weight excluding hydrogens is 402 g/mol. The topological polar surface area (TPSA) is 74.7 Å². The first-order valence-electron chi connectivity index (χ1n) is 9.52. The van der Waals surface area contributed by atoms with Crippen LogP contribution in [0, 0.1) is 0 Å². The number of nitrogens with zero attached hydrogens (tertiary/aromatic N) is 2. The number of rotatable bonds is 8. The third kappa shape index (κ3) is 7.24. The van der Waals surface area contributed by atoms with Gasteiger partial charge < -0.3 is 0 Å². The van der Waals surface area contributed by atoms with Crippen molar-refractivity contribution in [2.24, 2.45) is 0 Å². The van der Waals surface area contributed by atoms with Crippen molar-refractivity contribution < 1.29 is 14.3 Å². The van der Waals surface area contributed by atoms with Crippen LogP contribution < -0.4 is 5.48 Å². The fourth-order valence-corrected chi connectivity index (χ4v) is 3.00. The van der Waals surface area contributed by atoms with Gasteiger partial charge in [0, 0.05) is 24.8 Å². The molecule has 3 aromatic rings. The summed E-state index contributed by atoms with van der Waals surface area (Å²) in [4.78, 5) is 23.3. The van der Waals surface area contributed by atoms with Crippen LogP contribution in [0.1, 0.15) is 28.5 Å². The molecular formula is C23H26ClN3O3. The van der Waals surface area contributed by atoms with E-state index in [1.54, 1.807) is 19.2 Å². The molecule has 1 aromatic heterocycles. The Balaban J connectivity index is 0.00000155. The molecule has 2 N–H and O–H groups in total. The monoisotopic (exact) mass is 427 g/mol. The number of amides is 1. The highest BCUT2D eigenvalue weighted by Crippen LogP contribution is 2.21. The SMILES string of the molecule is CCONC(=O)c1ccc(-c2cccc(CN(C)Cc3ccccc3)c2)cn1.OCl. The molecule has 30 heavy (non-hydrogen) atoms. The Labute approximate surface area is 182 Å². The summed E-state index contributed by atoms with van der Waals surface area (Å²) in [6, 6.07) is 22.5. The van der Waals surface area contributed by atoms with Gasteiger partial charge >= 0.3 is 0 Å². The molecule has 158 valence electrons. The Kier molecular flexibility index (Phi) is 9.97. The van der Waals surface area contributed by atoms with Gasteiger partial charge in [0.15, 0.2) is 0 Å². The van der Waals surface area contributed by atoms with E-state index in [9.17, 15) is 4.79 Å². The van der Waals surface area contributed by atoms with Crippen LogP contribution in [0.25, 0.3) is 11.1 Å². The maximum absolute atomic E-state index is 11.9. The summed E-state index contributed by atoms with van der Waals surface area (Å²) < 4.78 is 6.47. The first-order valence-corrected chi connectivity index (χ1v) is 9.86. The molecule has 1 heterocycles. The molecule has 0 saturated carbocycles.